The molecule has 25 heavy (non-hydrogen) atoms. The maximum absolute atomic E-state index is 12.9. The number of carbonyl (C=O) groups excluding carboxylic acids is 2. The molecule has 138 valence electrons. The van der Waals surface area contributed by atoms with Crippen LogP contribution >= 0.6 is 0 Å². The van der Waals surface area contributed by atoms with E-state index >= 15 is 0 Å². The molecule has 1 saturated carbocycles. The zero-order chi connectivity index (χ0) is 18.4. The van der Waals surface area contributed by atoms with E-state index in [0.29, 0.717) is 18.8 Å². The topological polar surface area (TPSA) is 63.6 Å². The van der Waals surface area contributed by atoms with E-state index in [2.05, 4.69) is 13.5 Å². The first-order chi connectivity index (χ1) is 11.8. The van der Waals surface area contributed by atoms with Gasteiger partial charge in [0.2, 0.25) is 0 Å². The van der Waals surface area contributed by atoms with Gasteiger partial charge in [0.25, 0.3) is 0 Å². The van der Waals surface area contributed by atoms with Crippen LogP contribution in [0.4, 0.5) is 0 Å². The summed E-state index contributed by atoms with van der Waals surface area (Å²) in [5.41, 5.74) is 1.56. The highest BCUT2D eigenvalue weighted by molar-refractivity contribution is 5.98. The number of allylic oxidation sites excluding steroid dienone is 3. The average Bonchev–Trinajstić information content (AvgIpc) is 2.61. The lowest BCUT2D eigenvalue weighted by Crippen LogP contribution is -2.56. The van der Waals surface area contributed by atoms with Gasteiger partial charge in [-0.25, -0.2) is 0 Å². The minimum Gasteiger partial charge on any atom is -0.469 e. The molecule has 0 aromatic carbocycles. The standard InChI is InChI=1S/C21H30O4/c1-5-13-6-7-15-14(10-13)16(22)11-17-20(15,2)9-8-18(23)21(17,3)12-19(24)25-4/h5,13,17-18,23H,1,6-12H2,2-4H3/t13-,17+,18+,20-,21-/m1/s1. The summed E-state index contributed by atoms with van der Waals surface area (Å²) in [4.78, 5) is 25.0. The van der Waals surface area contributed by atoms with E-state index in [1.54, 1.807) is 0 Å². The van der Waals surface area contributed by atoms with Crippen LogP contribution in [0.15, 0.2) is 23.8 Å². The molecule has 0 heterocycles. The van der Waals surface area contributed by atoms with Crippen molar-refractivity contribution >= 4 is 11.8 Å². The molecule has 0 spiro atoms. The first kappa shape index (κ1) is 18.4. The molecular formula is C21H30O4. The van der Waals surface area contributed by atoms with Gasteiger partial charge in [-0.15, -0.1) is 6.58 Å². The average molecular weight is 346 g/mol. The van der Waals surface area contributed by atoms with Gasteiger partial charge in [0.15, 0.2) is 5.78 Å². The molecule has 1 fully saturated rings. The van der Waals surface area contributed by atoms with Crippen LogP contribution in [0.3, 0.4) is 0 Å². The number of methoxy groups -OCH3 is 1. The van der Waals surface area contributed by atoms with E-state index in [4.69, 9.17) is 4.74 Å². The Morgan fingerprint density at radius 1 is 1.36 bits per heavy atom. The maximum atomic E-state index is 12.9. The highest BCUT2D eigenvalue weighted by Gasteiger charge is 2.58. The van der Waals surface area contributed by atoms with Crippen molar-refractivity contribution in [1.82, 2.24) is 0 Å². The van der Waals surface area contributed by atoms with E-state index in [-0.39, 0.29) is 29.5 Å². The number of esters is 1. The molecule has 1 N–H and O–H groups in total. The number of ether oxygens (including phenoxy) is 1. The molecule has 0 saturated heterocycles. The van der Waals surface area contributed by atoms with Crippen molar-refractivity contribution in [3.8, 4) is 0 Å². The van der Waals surface area contributed by atoms with Gasteiger partial charge in [-0.3, -0.25) is 9.59 Å². The number of hydrogen-bond acceptors (Lipinski definition) is 4. The minimum absolute atomic E-state index is 0.0191. The Morgan fingerprint density at radius 3 is 2.72 bits per heavy atom. The third kappa shape index (κ3) is 2.79. The summed E-state index contributed by atoms with van der Waals surface area (Å²) in [5.74, 6) is 0.260. The fourth-order valence-electron chi connectivity index (χ4n) is 5.73. The molecule has 5 atom stereocenters. The molecule has 0 aromatic rings. The van der Waals surface area contributed by atoms with Gasteiger partial charge in [-0.05, 0) is 54.9 Å². The summed E-state index contributed by atoms with van der Waals surface area (Å²) in [6.07, 6.45) is 6.28. The van der Waals surface area contributed by atoms with Crippen molar-refractivity contribution in [3.63, 3.8) is 0 Å². The van der Waals surface area contributed by atoms with Crippen LogP contribution in [-0.2, 0) is 14.3 Å². The first-order valence-electron chi connectivity index (χ1n) is 9.39. The number of carbonyl (C=O) groups is 2. The van der Waals surface area contributed by atoms with E-state index in [1.807, 2.05) is 13.0 Å². The summed E-state index contributed by atoms with van der Waals surface area (Å²) in [6, 6.07) is 0. The molecule has 0 amide bonds. The van der Waals surface area contributed by atoms with E-state index in [0.717, 1.165) is 31.3 Å². The van der Waals surface area contributed by atoms with Crippen LogP contribution in [0.5, 0.6) is 0 Å². The lowest BCUT2D eigenvalue weighted by atomic mass is 9.46. The highest BCUT2D eigenvalue weighted by atomic mass is 16.5. The van der Waals surface area contributed by atoms with Gasteiger partial charge >= 0.3 is 5.97 Å². The van der Waals surface area contributed by atoms with Crippen molar-refractivity contribution in [2.75, 3.05) is 7.11 Å². The number of fused-ring (bicyclic) bond motifs is 2. The molecule has 0 bridgehead atoms. The second-order valence-electron chi connectivity index (χ2n) is 8.61. The highest BCUT2D eigenvalue weighted by Crippen LogP contribution is 2.62. The molecule has 3 aliphatic carbocycles. The molecule has 0 aromatic heterocycles. The number of hydrogen-bond donors (Lipinski definition) is 1. The smallest absolute Gasteiger partial charge is 0.306 e. The molecule has 3 rings (SSSR count). The zero-order valence-corrected chi connectivity index (χ0v) is 15.6. The lowest BCUT2D eigenvalue weighted by Gasteiger charge is -2.58. The second-order valence-corrected chi connectivity index (χ2v) is 8.61. The summed E-state index contributed by atoms with van der Waals surface area (Å²) >= 11 is 0. The van der Waals surface area contributed by atoms with E-state index < -0.39 is 11.5 Å². The fourth-order valence-corrected chi connectivity index (χ4v) is 5.73. The molecule has 0 radical (unpaired) electrons. The molecule has 3 aliphatic rings. The van der Waals surface area contributed by atoms with Gasteiger partial charge in [-0.2, -0.15) is 0 Å². The Labute approximate surface area is 150 Å². The number of Topliss-reactive ketones (excluding diaryl/α,β-unsaturated/α-hetero) is 1. The molecule has 0 unspecified atom stereocenters. The number of aliphatic hydroxyl groups is 1. The van der Waals surface area contributed by atoms with Crippen LogP contribution in [0, 0.1) is 22.7 Å². The van der Waals surface area contributed by atoms with Gasteiger partial charge in [0.1, 0.15) is 0 Å². The monoisotopic (exact) mass is 346 g/mol. The van der Waals surface area contributed by atoms with Gasteiger partial charge in [0, 0.05) is 11.8 Å². The summed E-state index contributed by atoms with van der Waals surface area (Å²) < 4.78 is 4.88. The summed E-state index contributed by atoms with van der Waals surface area (Å²) in [7, 11) is 1.38. The fraction of sp³-hybridized carbons (Fsp3) is 0.714. The Hall–Kier alpha value is -1.42. The van der Waals surface area contributed by atoms with Crippen LogP contribution in [0.2, 0.25) is 0 Å². The second kappa shape index (κ2) is 6.39. The van der Waals surface area contributed by atoms with Crippen LogP contribution in [0.1, 0.15) is 58.8 Å². The number of rotatable bonds is 3. The third-order valence-electron chi connectivity index (χ3n) is 7.36. The van der Waals surface area contributed by atoms with Gasteiger partial charge in [0.05, 0.1) is 19.6 Å². The van der Waals surface area contributed by atoms with Gasteiger partial charge in [-0.1, -0.05) is 25.5 Å². The third-order valence-corrected chi connectivity index (χ3v) is 7.36. The molecule has 0 aliphatic heterocycles. The van der Waals surface area contributed by atoms with Crippen molar-refractivity contribution < 1.29 is 19.4 Å². The quantitative estimate of drug-likeness (QED) is 0.626. The first-order valence-corrected chi connectivity index (χ1v) is 9.39. The predicted molar refractivity (Wildman–Crippen MR) is 95.8 cm³/mol. The summed E-state index contributed by atoms with van der Waals surface area (Å²) in [5, 5.41) is 10.7. The molecule has 4 heteroatoms. The van der Waals surface area contributed by atoms with Crippen LogP contribution in [-0.4, -0.2) is 30.1 Å². The Bertz CT molecular complexity index is 634. The van der Waals surface area contributed by atoms with Gasteiger partial charge < -0.3 is 9.84 Å². The normalized spacial score (nSPS) is 41.0. The number of aliphatic hydroxyl groups excluding tert-OH is 1. The predicted octanol–water partition coefficient (Wildman–Crippen LogP) is 3.59. The lowest BCUT2D eigenvalue weighted by molar-refractivity contribution is -0.158. The van der Waals surface area contributed by atoms with Crippen molar-refractivity contribution in [3.05, 3.63) is 23.8 Å². The maximum Gasteiger partial charge on any atom is 0.306 e. The molecular weight excluding hydrogens is 316 g/mol. The molecule has 4 nitrogen and oxygen atoms in total. The minimum atomic E-state index is -0.621. The van der Waals surface area contributed by atoms with E-state index in [1.165, 1.54) is 12.7 Å². The Balaban J connectivity index is 2.03. The Kier molecular flexibility index (Phi) is 4.69. The number of ketones is 1. The van der Waals surface area contributed by atoms with Crippen LogP contribution in [0.25, 0.3) is 0 Å². The summed E-state index contributed by atoms with van der Waals surface area (Å²) in [6.45, 7) is 8.11. The SMILES string of the molecule is C=C[C@@H]1CCC2=C(C1)C(=O)C[C@@H]1[C@@](C)(CC(=O)OC)[C@@H](O)CC[C@]21C. The van der Waals surface area contributed by atoms with Crippen LogP contribution < -0.4 is 0 Å². The van der Waals surface area contributed by atoms with Crippen molar-refractivity contribution in [2.45, 2.75) is 64.9 Å². The van der Waals surface area contributed by atoms with Crippen molar-refractivity contribution in [2.24, 2.45) is 22.7 Å². The Morgan fingerprint density at radius 2 is 2.08 bits per heavy atom. The zero-order valence-electron chi connectivity index (χ0n) is 15.6. The largest absolute Gasteiger partial charge is 0.469 e. The van der Waals surface area contributed by atoms with E-state index in [9.17, 15) is 14.7 Å². The van der Waals surface area contributed by atoms with Crippen molar-refractivity contribution in [1.29, 1.82) is 0 Å².